The lowest BCUT2D eigenvalue weighted by Crippen LogP contribution is -2.25. The maximum Gasteiger partial charge on any atom is 0.251 e. The third kappa shape index (κ3) is 3.07. The number of H-pyrrole nitrogens is 1. The molecule has 2 rings (SSSR count). The molecule has 0 aliphatic heterocycles. The molecule has 3 nitrogen and oxygen atoms in total. The molecule has 0 fully saturated rings. The van der Waals surface area contributed by atoms with E-state index in [9.17, 15) is 4.79 Å². The monoisotopic (exact) mass is 262 g/mol. The third-order valence-corrected chi connectivity index (χ3v) is 4.10. The number of nitrogens with one attached hydrogen (secondary N) is 2. The average Bonchev–Trinajstić information content (AvgIpc) is 2.85. The van der Waals surface area contributed by atoms with E-state index in [1.54, 1.807) is 0 Å². The van der Waals surface area contributed by atoms with Gasteiger partial charge in [0.15, 0.2) is 0 Å². The summed E-state index contributed by atoms with van der Waals surface area (Å²) in [7, 11) is 0. The number of rotatable bonds is 5. The van der Waals surface area contributed by atoms with E-state index in [-0.39, 0.29) is 5.91 Å². The van der Waals surface area contributed by atoms with E-state index < -0.39 is 0 Å². The van der Waals surface area contributed by atoms with Gasteiger partial charge >= 0.3 is 0 Å². The van der Waals surface area contributed by atoms with Crippen molar-refractivity contribution in [2.24, 2.45) is 0 Å². The molecule has 4 heteroatoms. The lowest BCUT2D eigenvalue weighted by atomic mass is 10.1. The third-order valence-electron chi connectivity index (χ3n) is 3.06. The Hall–Kier alpha value is -1.42. The zero-order valence-electron chi connectivity index (χ0n) is 10.7. The number of hydrogen-bond acceptors (Lipinski definition) is 2. The van der Waals surface area contributed by atoms with E-state index in [0.717, 1.165) is 23.9 Å². The number of aromatic amines is 1. The van der Waals surface area contributed by atoms with Gasteiger partial charge in [-0.25, -0.2) is 0 Å². The van der Waals surface area contributed by atoms with Crippen LogP contribution < -0.4 is 5.32 Å². The van der Waals surface area contributed by atoms with Crippen molar-refractivity contribution in [3.8, 4) is 0 Å². The van der Waals surface area contributed by atoms with Gasteiger partial charge in [0.2, 0.25) is 0 Å². The minimum absolute atomic E-state index is 0.000182. The van der Waals surface area contributed by atoms with Crippen molar-refractivity contribution in [1.29, 1.82) is 0 Å². The summed E-state index contributed by atoms with van der Waals surface area (Å²) in [5, 5.41) is 4.66. The molecule has 0 saturated carbocycles. The SMILES string of the molecule is CSC(C)CCNC(=O)c1ccc2cc[nH]c2c1. The Morgan fingerprint density at radius 1 is 1.44 bits per heavy atom. The van der Waals surface area contributed by atoms with E-state index in [4.69, 9.17) is 0 Å². The van der Waals surface area contributed by atoms with E-state index >= 15 is 0 Å². The highest BCUT2D eigenvalue weighted by molar-refractivity contribution is 7.99. The van der Waals surface area contributed by atoms with Crippen molar-refractivity contribution >= 4 is 28.6 Å². The fourth-order valence-electron chi connectivity index (χ4n) is 1.80. The van der Waals surface area contributed by atoms with E-state index in [1.165, 1.54) is 0 Å². The molecule has 18 heavy (non-hydrogen) atoms. The molecule has 1 amide bonds. The van der Waals surface area contributed by atoms with Crippen LogP contribution in [0.1, 0.15) is 23.7 Å². The predicted molar refractivity (Wildman–Crippen MR) is 78.2 cm³/mol. The number of fused-ring (bicyclic) bond motifs is 1. The fourth-order valence-corrected chi connectivity index (χ4v) is 2.15. The van der Waals surface area contributed by atoms with E-state index in [2.05, 4.69) is 23.5 Å². The molecular formula is C14H18N2OS. The van der Waals surface area contributed by atoms with Crippen LogP contribution in [0.4, 0.5) is 0 Å². The topological polar surface area (TPSA) is 44.9 Å². The van der Waals surface area contributed by atoms with Gasteiger partial charge in [0.25, 0.3) is 5.91 Å². The van der Waals surface area contributed by atoms with Crippen LogP contribution in [0.3, 0.4) is 0 Å². The smallest absolute Gasteiger partial charge is 0.251 e. The number of carbonyl (C=O) groups excluding carboxylic acids is 1. The van der Waals surface area contributed by atoms with Gasteiger partial charge in [-0.3, -0.25) is 4.79 Å². The first-order valence-corrected chi connectivity index (χ1v) is 7.37. The first-order valence-electron chi connectivity index (χ1n) is 6.09. The fraction of sp³-hybridized carbons (Fsp3) is 0.357. The summed E-state index contributed by atoms with van der Waals surface area (Å²) >= 11 is 1.82. The molecule has 2 N–H and O–H groups in total. The highest BCUT2D eigenvalue weighted by atomic mass is 32.2. The molecule has 1 aromatic heterocycles. The summed E-state index contributed by atoms with van der Waals surface area (Å²) in [5.74, 6) is -0.000182. The first-order chi connectivity index (χ1) is 8.70. The van der Waals surface area contributed by atoms with Gasteiger partial charge in [-0.05, 0) is 36.3 Å². The molecule has 0 radical (unpaired) electrons. The van der Waals surface area contributed by atoms with Gasteiger partial charge in [0, 0.05) is 29.1 Å². The van der Waals surface area contributed by atoms with Crippen LogP contribution in [0.25, 0.3) is 10.9 Å². The van der Waals surface area contributed by atoms with E-state index in [0.29, 0.717) is 10.8 Å². The van der Waals surface area contributed by atoms with Gasteiger partial charge in [-0.2, -0.15) is 11.8 Å². The Balaban J connectivity index is 1.95. The van der Waals surface area contributed by atoms with E-state index in [1.807, 2.05) is 42.2 Å². The summed E-state index contributed by atoms with van der Waals surface area (Å²) in [4.78, 5) is 15.1. The number of benzene rings is 1. The normalized spacial score (nSPS) is 12.6. The second kappa shape index (κ2) is 5.96. The molecular weight excluding hydrogens is 244 g/mol. The Bertz CT molecular complexity index is 535. The molecule has 0 spiro atoms. The molecule has 1 atom stereocenters. The zero-order chi connectivity index (χ0) is 13.0. The van der Waals surface area contributed by atoms with Crippen LogP contribution >= 0.6 is 11.8 Å². The summed E-state index contributed by atoms with van der Waals surface area (Å²) in [6, 6.07) is 7.72. The maximum absolute atomic E-state index is 11.9. The van der Waals surface area contributed by atoms with Gasteiger partial charge in [0.05, 0.1) is 0 Å². The highest BCUT2D eigenvalue weighted by Gasteiger charge is 2.07. The molecule has 0 aliphatic rings. The molecule has 0 saturated heterocycles. The summed E-state index contributed by atoms with van der Waals surface area (Å²) in [6.45, 7) is 2.89. The standard InChI is InChI=1S/C14H18N2OS/c1-10(18-2)5-7-16-14(17)12-4-3-11-6-8-15-13(11)9-12/h3-4,6,8-10,15H,5,7H2,1-2H3,(H,16,17). The lowest BCUT2D eigenvalue weighted by molar-refractivity contribution is 0.0953. The van der Waals surface area contributed by atoms with Gasteiger partial charge < -0.3 is 10.3 Å². The molecule has 0 aliphatic carbocycles. The van der Waals surface area contributed by atoms with Crippen LogP contribution in [0.15, 0.2) is 30.5 Å². The minimum atomic E-state index is -0.000182. The molecule has 1 aromatic carbocycles. The quantitative estimate of drug-likeness (QED) is 0.870. The second-order valence-electron chi connectivity index (χ2n) is 4.37. The number of hydrogen-bond donors (Lipinski definition) is 2. The number of thioether (sulfide) groups is 1. The van der Waals surface area contributed by atoms with Crippen molar-refractivity contribution in [3.63, 3.8) is 0 Å². The number of carbonyl (C=O) groups is 1. The largest absolute Gasteiger partial charge is 0.361 e. The summed E-state index contributed by atoms with van der Waals surface area (Å²) in [6.07, 6.45) is 4.97. The zero-order valence-corrected chi connectivity index (χ0v) is 11.5. The van der Waals surface area contributed by atoms with Crippen molar-refractivity contribution in [2.45, 2.75) is 18.6 Å². The Morgan fingerprint density at radius 2 is 2.28 bits per heavy atom. The average molecular weight is 262 g/mol. The highest BCUT2D eigenvalue weighted by Crippen LogP contribution is 2.14. The summed E-state index contributed by atoms with van der Waals surface area (Å²) < 4.78 is 0. The molecule has 2 aromatic rings. The van der Waals surface area contributed by atoms with Gasteiger partial charge in [-0.15, -0.1) is 0 Å². The predicted octanol–water partition coefficient (Wildman–Crippen LogP) is 3.04. The molecule has 1 unspecified atom stereocenters. The molecule has 1 heterocycles. The Kier molecular flexibility index (Phi) is 4.31. The van der Waals surface area contributed by atoms with Crippen LogP contribution in [-0.4, -0.2) is 28.9 Å². The first kappa shape index (κ1) is 13.0. The number of aromatic nitrogens is 1. The molecule has 0 bridgehead atoms. The Labute approximate surface area is 111 Å². The summed E-state index contributed by atoms with van der Waals surface area (Å²) in [5.41, 5.74) is 1.71. The minimum Gasteiger partial charge on any atom is -0.361 e. The van der Waals surface area contributed by atoms with Crippen LogP contribution in [0.2, 0.25) is 0 Å². The van der Waals surface area contributed by atoms with Crippen LogP contribution in [-0.2, 0) is 0 Å². The van der Waals surface area contributed by atoms with Crippen molar-refractivity contribution in [1.82, 2.24) is 10.3 Å². The van der Waals surface area contributed by atoms with Crippen LogP contribution in [0, 0.1) is 0 Å². The molecule has 96 valence electrons. The van der Waals surface area contributed by atoms with Crippen molar-refractivity contribution < 1.29 is 4.79 Å². The Morgan fingerprint density at radius 3 is 3.06 bits per heavy atom. The van der Waals surface area contributed by atoms with Crippen molar-refractivity contribution in [3.05, 3.63) is 36.0 Å². The van der Waals surface area contributed by atoms with Gasteiger partial charge in [0.1, 0.15) is 0 Å². The van der Waals surface area contributed by atoms with Gasteiger partial charge in [-0.1, -0.05) is 13.0 Å². The number of amides is 1. The lowest BCUT2D eigenvalue weighted by Gasteiger charge is -2.09. The second-order valence-corrected chi connectivity index (χ2v) is 5.65. The maximum atomic E-state index is 11.9. The van der Waals surface area contributed by atoms with Crippen molar-refractivity contribution in [2.75, 3.05) is 12.8 Å². The van der Waals surface area contributed by atoms with Crippen LogP contribution in [0.5, 0.6) is 0 Å².